The summed E-state index contributed by atoms with van der Waals surface area (Å²) in [6, 6.07) is 20.4. The highest BCUT2D eigenvalue weighted by molar-refractivity contribution is 7.99. The number of para-hydroxylation sites is 1. The third-order valence-corrected chi connectivity index (χ3v) is 5.34. The van der Waals surface area contributed by atoms with Crippen molar-refractivity contribution in [2.75, 3.05) is 19.3 Å². The van der Waals surface area contributed by atoms with Gasteiger partial charge >= 0.3 is 0 Å². The van der Waals surface area contributed by atoms with Gasteiger partial charge in [0.05, 0.1) is 30.1 Å². The summed E-state index contributed by atoms with van der Waals surface area (Å²) in [5.41, 5.74) is 4.27. The first-order valence-corrected chi connectivity index (χ1v) is 10.0. The van der Waals surface area contributed by atoms with Crippen LogP contribution >= 0.6 is 11.8 Å². The quantitative estimate of drug-likeness (QED) is 0.564. The molecule has 1 amide bonds. The first kappa shape index (κ1) is 19.7. The van der Waals surface area contributed by atoms with Gasteiger partial charge in [0.25, 0.3) is 0 Å². The van der Waals surface area contributed by atoms with Crippen LogP contribution in [-0.4, -0.2) is 39.7 Å². The third kappa shape index (κ3) is 4.62. The van der Waals surface area contributed by atoms with Gasteiger partial charge in [0, 0.05) is 24.8 Å². The lowest BCUT2D eigenvalue weighted by atomic mass is 10.1. The summed E-state index contributed by atoms with van der Waals surface area (Å²) in [6.45, 7) is 2.51. The van der Waals surface area contributed by atoms with Gasteiger partial charge < -0.3 is 4.90 Å². The number of nitriles is 1. The van der Waals surface area contributed by atoms with Gasteiger partial charge in [-0.15, -0.1) is 0 Å². The maximum absolute atomic E-state index is 12.3. The Hall–Kier alpha value is -3.04. The molecule has 28 heavy (non-hydrogen) atoms. The van der Waals surface area contributed by atoms with Crippen LogP contribution in [0, 0.1) is 18.3 Å². The minimum absolute atomic E-state index is 0.0141. The van der Waals surface area contributed by atoms with Crippen molar-refractivity contribution in [1.29, 1.82) is 5.26 Å². The van der Waals surface area contributed by atoms with Crippen LogP contribution in [0.4, 0.5) is 0 Å². The van der Waals surface area contributed by atoms with E-state index in [1.165, 1.54) is 17.3 Å². The van der Waals surface area contributed by atoms with Crippen molar-refractivity contribution in [3.05, 3.63) is 66.4 Å². The number of hydrogen-bond donors (Lipinski definition) is 0. The lowest BCUT2D eigenvalue weighted by Crippen LogP contribution is -2.29. The summed E-state index contributed by atoms with van der Waals surface area (Å²) in [5.74, 6) is 0.263. The molecule has 2 aromatic carbocycles. The normalized spacial score (nSPS) is 10.5. The Morgan fingerprint density at radius 1 is 1.18 bits per heavy atom. The molecule has 0 bridgehead atoms. The topological polar surface area (TPSA) is 61.9 Å². The van der Waals surface area contributed by atoms with E-state index in [1.54, 1.807) is 11.9 Å². The minimum Gasteiger partial charge on any atom is -0.344 e. The first-order chi connectivity index (χ1) is 13.6. The molecular weight excluding hydrogens is 368 g/mol. The van der Waals surface area contributed by atoms with Crippen LogP contribution in [-0.2, 0) is 4.79 Å². The summed E-state index contributed by atoms with van der Waals surface area (Å²) < 4.78 is 2.08. The van der Waals surface area contributed by atoms with E-state index >= 15 is 0 Å². The molecule has 0 unspecified atom stereocenters. The van der Waals surface area contributed by atoms with E-state index < -0.39 is 0 Å². The van der Waals surface area contributed by atoms with E-state index in [9.17, 15) is 4.79 Å². The van der Waals surface area contributed by atoms with Crippen molar-refractivity contribution >= 4 is 17.7 Å². The fourth-order valence-electron chi connectivity index (χ4n) is 2.77. The Labute approximate surface area is 169 Å². The molecule has 0 atom stereocenters. The number of aryl methyl sites for hydroxylation is 1. The lowest BCUT2D eigenvalue weighted by molar-refractivity contribution is -0.127. The highest BCUT2D eigenvalue weighted by Crippen LogP contribution is 2.30. The second-order valence-electron chi connectivity index (χ2n) is 6.48. The third-order valence-electron chi connectivity index (χ3n) is 4.40. The largest absolute Gasteiger partial charge is 0.344 e. The number of carbonyl (C=O) groups is 1. The average Bonchev–Trinajstić information content (AvgIpc) is 3.15. The maximum Gasteiger partial charge on any atom is 0.232 e. The summed E-state index contributed by atoms with van der Waals surface area (Å²) in [7, 11) is 1.72. The molecule has 0 spiro atoms. The van der Waals surface area contributed by atoms with Crippen molar-refractivity contribution in [1.82, 2.24) is 14.5 Å². The molecule has 0 aliphatic carbocycles. The van der Waals surface area contributed by atoms with E-state index in [-0.39, 0.29) is 11.7 Å². The van der Waals surface area contributed by atoms with Crippen molar-refractivity contribution < 1.29 is 4.79 Å². The number of rotatable bonds is 7. The number of nitrogens with zero attached hydrogens (tertiary/aromatic N) is 4. The first-order valence-electron chi connectivity index (χ1n) is 9.04. The van der Waals surface area contributed by atoms with E-state index in [2.05, 4.69) is 46.8 Å². The summed E-state index contributed by atoms with van der Waals surface area (Å²) in [4.78, 5) is 18.5. The summed E-state index contributed by atoms with van der Waals surface area (Å²) >= 11 is 1.41. The van der Waals surface area contributed by atoms with Crippen LogP contribution < -0.4 is 0 Å². The molecule has 3 rings (SSSR count). The number of thioether (sulfide) groups is 1. The second kappa shape index (κ2) is 9.25. The molecule has 0 saturated carbocycles. The average molecular weight is 391 g/mol. The molecule has 0 N–H and O–H groups in total. The Bertz CT molecular complexity index is 974. The van der Waals surface area contributed by atoms with Crippen molar-refractivity contribution in [2.24, 2.45) is 0 Å². The molecular formula is C22H22N4OS. The molecule has 0 saturated heterocycles. The Morgan fingerprint density at radius 3 is 2.57 bits per heavy atom. The Kier molecular flexibility index (Phi) is 6.51. The molecule has 6 heteroatoms. The zero-order valence-electron chi connectivity index (χ0n) is 16.0. The van der Waals surface area contributed by atoms with Crippen LogP contribution in [0.1, 0.15) is 12.0 Å². The summed E-state index contributed by atoms with van der Waals surface area (Å²) in [6.07, 6.45) is 2.19. The molecule has 142 valence electrons. The standard InChI is InChI=1S/C22H22N4OS/c1-17-9-11-18(12-10-17)20-15-24-22(26(20)19-7-4-3-5-8-19)28-16-21(27)25(2)14-6-13-23/h3-5,7-12,15H,6,14,16H2,1-2H3. The van der Waals surface area contributed by atoms with Gasteiger partial charge in [-0.25, -0.2) is 4.98 Å². The molecule has 0 fully saturated rings. The van der Waals surface area contributed by atoms with Gasteiger partial charge in [-0.05, 0) is 19.1 Å². The van der Waals surface area contributed by atoms with Crippen molar-refractivity contribution in [2.45, 2.75) is 18.5 Å². The van der Waals surface area contributed by atoms with Gasteiger partial charge in [0.1, 0.15) is 0 Å². The van der Waals surface area contributed by atoms with Gasteiger partial charge in [0.15, 0.2) is 5.16 Å². The SMILES string of the molecule is Cc1ccc(-c2cnc(SCC(=O)N(C)CCC#N)n2-c2ccccc2)cc1. The van der Waals surface area contributed by atoms with Gasteiger partial charge in [-0.1, -0.05) is 59.8 Å². The van der Waals surface area contributed by atoms with E-state index in [1.807, 2.05) is 36.5 Å². The zero-order valence-corrected chi connectivity index (χ0v) is 16.8. The lowest BCUT2D eigenvalue weighted by Gasteiger charge is -2.16. The predicted octanol–water partition coefficient (Wildman–Crippen LogP) is 4.31. The zero-order chi connectivity index (χ0) is 19.9. The molecule has 0 aliphatic rings. The van der Waals surface area contributed by atoms with E-state index in [0.29, 0.717) is 13.0 Å². The fraction of sp³-hybridized carbons (Fsp3) is 0.227. The number of imidazole rings is 1. The molecule has 0 radical (unpaired) electrons. The fourth-order valence-corrected chi connectivity index (χ4v) is 3.70. The number of hydrogen-bond acceptors (Lipinski definition) is 4. The number of carbonyl (C=O) groups excluding carboxylic acids is 1. The number of amides is 1. The summed E-state index contributed by atoms with van der Waals surface area (Å²) in [5, 5.41) is 9.46. The molecule has 5 nitrogen and oxygen atoms in total. The molecule has 0 aliphatic heterocycles. The van der Waals surface area contributed by atoms with Gasteiger partial charge in [-0.3, -0.25) is 9.36 Å². The van der Waals surface area contributed by atoms with Crippen LogP contribution in [0.15, 0.2) is 66.0 Å². The Morgan fingerprint density at radius 2 is 1.89 bits per heavy atom. The number of benzene rings is 2. The van der Waals surface area contributed by atoms with Crippen molar-refractivity contribution in [3.63, 3.8) is 0 Å². The van der Waals surface area contributed by atoms with Gasteiger partial charge in [0.2, 0.25) is 5.91 Å². The van der Waals surface area contributed by atoms with E-state index in [4.69, 9.17) is 5.26 Å². The molecule has 1 heterocycles. The smallest absolute Gasteiger partial charge is 0.232 e. The molecule has 3 aromatic rings. The van der Waals surface area contributed by atoms with Crippen molar-refractivity contribution in [3.8, 4) is 23.0 Å². The Balaban J connectivity index is 1.88. The molecule has 1 aromatic heterocycles. The minimum atomic E-state index is -0.0141. The maximum atomic E-state index is 12.3. The van der Waals surface area contributed by atoms with Crippen LogP contribution in [0.3, 0.4) is 0 Å². The highest BCUT2D eigenvalue weighted by atomic mass is 32.2. The monoisotopic (exact) mass is 390 g/mol. The van der Waals surface area contributed by atoms with Crippen LogP contribution in [0.25, 0.3) is 16.9 Å². The van der Waals surface area contributed by atoms with Crippen LogP contribution in [0.2, 0.25) is 0 Å². The second-order valence-corrected chi connectivity index (χ2v) is 7.42. The van der Waals surface area contributed by atoms with Gasteiger partial charge in [-0.2, -0.15) is 5.26 Å². The predicted molar refractivity (Wildman–Crippen MR) is 112 cm³/mol. The van der Waals surface area contributed by atoms with E-state index in [0.717, 1.165) is 22.1 Å². The number of aromatic nitrogens is 2. The van der Waals surface area contributed by atoms with Crippen LogP contribution in [0.5, 0.6) is 0 Å². The highest BCUT2D eigenvalue weighted by Gasteiger charge is 2.16.